The minimum absolute atomic E-state index is 0. The Morgan fingerprint density at radius 2 is 0.882 bits per heavy atom. The fourth-order valence-electron chi connectivity index (χ4n) is 1.11. The maximum atomic E-state index is 4.91. The van der Waals surface area contributed by atoms with Gasteiger partial charge in [-0.25, -0.2) is 0 Å². The summed E-state index contributed by atoms with van der Waals surface area (Å²) < 4.78 is 9.83. The molecule has 0 unspecified atom stereocenters. The zero-order valence-corrected chi connectivity index (χ0v) is 10.1. The molecule has 0 amide bonds. The van der Waals surface area contributed by atoms with Crippen LogP contribution in [0, 0.1) is 0 Å². The predicted octanol–water partition coefficient (Wildman–Crippen LogP) is 2.57. The summed E-state index contributed by atoms with van der Waals surface area (Å²) in [5.74, 6) is 1.82. The molecule has 17 heavy (non-hydrogen) atoms. The molecule has 0 atom stereocenters. The van der Waals surface area contributed by atoms with Gasteiger partial charge in [0, 0.05) is 0 Å². The molecule has 0 radical (unpaired) electrons. The fourth-order valence-corrected chi connectivity index (χ4v) is 1.11. The van der Waals surface area contributed by atoms with Gasteiger partial charge in [-0.3, -0.25) is 0 Å². The van der Waals surface area contributed by atoms with Gasteiger partial charge in [0.25, 0.3) is 0 Å². The molecule has 3 nitrogen and oxygen atoms in total. The van der Waals surface area contributed by atoms with Gasteiger partial charge in [-0.15, -0.1) is 0 Å². The molecule has 92 valence electrons. The molecule has 0 saturated carbocycles. The Hall–Kier alpha value is -2.00. The topological polar surface area (TPSA) is 50.0 Å². The van der Waals surface area contributed by atoms with Crippen LogP contribution in [0.2, 0.25) is 0 Å². The summed E-state index contributed by atoms with van der Waals surface area (Å²) >= 11 is 0. The fraction of sp³-hybridized carbons (Fsp3) is 0.143. The van der Waals surface area contributed by atoms with Crippen LogP contribution in [0.15, 0.2) is 60.7 Å². The molecular formula is C14H18O3. The summed E-state index contributed by atoms with van der Waals surface area (Å²) in [6.45, 7) is 0. The SMILES string of the molecule is COc1ccccc1.COc1ccccc1.O. The molecule has 0 heterocycles. The van der Waals surface area contributed by atoms with E-state index < -0.39 is 0 Å². The zero-order valence-electron chi connectivity index (χ0n) is 10.1. The van der Waals surface area contributed by atoms with E-state index >= 15 is 0 Å². The number of hydrogen-bond donors (Lipinski definition) is 0. The van der Waals surface area contributed by atoms with Gasteiger partial charge in [0.05, 0.1) is 14.2 Å². The number of hydrogen-bond acceptors (Lipinski definition) is 2. The summed E-state index contributed by atoms with van der Waals surface area (Å²) in [4.78, 5) is 0. The number of para-hydroxylation sites is 2. The molecule has 2 N–H and O–H groups in total. The third kappa shape index (κ3) is 6.22. The van der Waals surface area contributed by atoms with Crippen molar-refractivity contribution < 1.29 is 14.9 Å². The third-order valence-corrected chi connectivity index (χ3v) is 1.96. The Balaban J connectivity index is 0.000000284. The number of ether oxygens (including phenoxy) is 2. The number of rotatable bonds is 2. The highest BCUT2D eigenvalue weighted by atomic mass is 16.5. The standard InChI is InChI=1S/2C7H8O.H2O/c2*1-8-7-5-3-2-4-6-7;/h2*2-6H,1H3;1H2. The average molecular weight is 234 g/mol. The number of benzene rings is 2. The third-order valence-electron chi connectivity index (χ3n) is 1.96. The lowest BCUT2D eigenvalue weighted by Crippen LogP contribution is -1.78. The molecule has 0 aliphatic rings. The normalized spacial score (nSPS) is 8.12. The number of methoxy groups -OCH3 is 2. The van der Waals surface area contributed by atoms with Crippen LogP contribution in [-0.2, 0) is 0 Å². The maximum Gasteiger partial charge on any atom is 0.118 e. The van der Waals surface area contributed by atoms with Crippen molar-refractivity contribution in [3.8, 4) is 11.5 Å². The van der Waals surface area contributed by atoms with E-state index in [0.29, 0.717) is 0 Å². The average Bonchev–Trinajstić information content (AvgIpc) is 2.41. The summed E-state index contributed by atoms with van der Waals surface area (Å²) in [5, 5.41) is 0. The first-order valence-corrected chi connectivity index (χ1v) is 5.05. The molecule has 0 spiro atoms. The lowest BCUT2D eigenvalue weighted by molar-refractivity contribution is 0.414. The zero-order chi connectivity index (χ0) is 11.6. The molecule has 0 aliphatic heterocycles. The van der Waals surface area contributed by atoms with E-state index in [-0.39, 0.29) is 5.48 Å². The Labute approximate surface area is 102 Å². The molecule has 3 heteroatoms. The Morgan fingerprint density at radius 3 is 1.06 bits per heavy atom. The quantitative estimate of drug-likeness (QED) is 0.801. The van der Waals surface area contributed by atoms with E-state index in [2.05, 4.69) is 0 Å². The van der Waals surface area contributed by atoms with E-state index in [9.17, 15) is 0 Å². The highest BCUT2D eigenvalue weighted by molar-refractivity contribution is 5.21. The van der Waals surface area contributed by atoms with Crippen molar-refractivity contribution in [1.82, 2.24) is 0 Å². The highest BCUT2D eigenvalue weighted by Gasteiger charge is 1.80. The van der Waals surface area contributed by atoms with Crippen molar-refractivity contribution in [1.29, 1.82) is 0 Å². The van der Waals surface area contributed by atoms with Crippen LogP contribution in [0.25, 0.3) is 0 Å². The van der Waals surface area contributed by atoms with Gasteiger partial charge in [0.1, 0.15) is 11.5 Å². The van der Waals surface area contributed by atoms with Crippen LogP contribution in [-0.4, -0.2) is 19.7 Å². The highest BCUT2D eigenvalue weighted by Crippen LogP contribution is 2.06. The van der Waals surface area contributed by atoms with Gasteiger partial charge in [-0.05, 0) is 24.3 Å². The van der Waals surface area contributed by atoms with Crippen LogP contribution in [0.1, 0.15) is 0 Å². The van der Waals surface area contributed by atoms with Gasteiger partial charge >= 0.3 is 0 Å². The van der Waals surface area contributed by atoms with Crippen LogP contribution in [0.3, 0.4) is 0 Å². The van der Waals surface area contributed by atoms with E-state index in [1.165, 1.54) is 0 Å². The first-order chi connectivity index (χ1) is 7.86. The Morgan fingerprint density at radius 1 is 0.588 bits per heavy atom. The Kier molecular flexibility index (Phi) is 8.15. The molecular weight excluding hydrogens is 216 g/mol. The van der Waals surface area contributed by atoms with Crippen molar-refractivity contribution in [3.63, 3.8) is 0 Å². The van der Waals surface area contributed by atoms with Crippen LogP contribution in [0.5, 0.6) is 11.5 Å². The maximum absolute atomic E-state index is 4.91. The van der Waals surface area contributed by atoms with Crippen molar-refractivity contribution in [2.24, 2.45) is 0 Å². The summed E-state index contributed by atoms with van der Waals surface area (Å²) in [5.41, 5.74) is 0. The van der Waals surface area contributed by atoms with Gasteiger partial charge in [0.15, 0.2) is 0 Å². The van der Waals surface area contributed by atoms with E-state index in [0.717, 1.165) is 11.5 Å². The minimum atomic E-state index is 0. The van der Waals surface area contributed by atoms with Crippen molar-refractivity contribution in [3.05, 3.63) is 60.7 Å². The smallest absolute Gasteiger partial charge is 0.118 e. The summed E-state index contributed by atoms with van der Waals surface area (Å²) in [6, 6.07) is 19.4. The van der Waals surface area contributed by atoms with Crippen LogP contribution < -0.4 is 9.47 Å². The monoisotopic (exact) mass is 234 g/mol. The molecule has 0 aromatic heterocycles. The van der Waals surface area contributed by atoms with Crippen molar-refractivity contribution >= 4 is 0 Å². The molecule has 0 aliphatic carbocycles. The second-order valence-corrected chi connectivity index (χ2v) is 3.03. The first kappa shape index (κ1) is 15.0. The minimum Gasteiger partial charge on any atom is -0.497 e. The molecule has 2 aromatic rings. The van der Waals surface area contributed by atoms with Crippen LogP contribution in [0.4, 0.5) is 0 Å². The molecule has 2 aromatic carbocycles. The largest absolute Gasteiger partial charge is 0.497 e. The lowest BCUT2D eigenvalue weighted by atomic mass is 10.3. The molecule has 2 rings (SSSR count). The second kappa shape index (κ2) is 9.24. The van der Waals surface area contributed by atoms with Gasteiger partial charge in [0.2, 0.25) is 0 Å². The van der Waals surface area contributed by atoms with Crippen LogP contribution >= 0.6 is 0 Å². The van der Waals surface area contributed by atoms with E-state index in [1.54, 1.807) is 14.2 Å². The predicted molar refractivity (Wildman–Crippen MR) is 69.6 cm³/mol. The van der Waals surface area contributed by atoms with Gasteiger partial charge < -0.3 is 14.9 Å². The second-order valence-electron chi connectivity index (χ2n) is 3.03. The Bertz CT molecular complexity index is 334. The summed E-state index contributed by atoms with van der Waals surface area (Å²) in [7, 11) is 3.32. The molecule has 0 bridgehead atoms. The van der Waals surface area contributed by atoms with Gasteiger partial charge in [-0.2, -0.15) is 0 Å². The molecule has 0 saturated heterocycles. The molecule has 0 fully saturated rings. The van der Waals surface area contributed by atoms with E-state index in [1.807, 2.05) is 60.7 Å². The van der Waals surface area contributed by atoms with Crippen molar-refractivity contribution in [2.45, 2.75) is 0 Å². The lowest BCUT2D eigenvalue weighted by Gasteiger charge is -1.93. The van der Waals surface area contributed by atoms with Crippen molar-refractivity contribution in [2.75, 3.05) is 14.2 Å². The van der Waals surface area contributed by atoms with E-state index in [4.69, 9.17) is 9.47 Å². The first-order valence-electron chi connectivity index (χ1n) is 5.05. The summed E-state index contributed by atoms with van der Waals surface area (Å²) in [6.07, 6.45) is 0. The van der Waals surface area contributed by atoms with Gasteiger partial charge in [-0.1, -0.05) is 36.4 Å².